The fraction of sp³-hybridized carbons (Fsp3) is 0.429. The van der Waals surface area contributed by atoms with Crippen LogP contribution in [0.3, 0.4) is 0 Å². The number of nitriles is 1. The Morgan fingerprint density at radius 3 is 2.78 bits per heavy atom. The van der Waals surface area contributed by atoms with Gasteiger partial charge in [-0.25, -0.2) is 0 Å². The van der Waals surface area contributed by atoms with Crippen LogP contribution in [0.25, 0.3) is 0 Å². The van der Waals surface area contributed by atoms with Crippen LogP contribution < -0.4 is 10.1 Å². The highest BCUT2D eigenvalue weighted by molar-refractivity contribution is 5.77. The molecule has 18 heavy (non-hydrogen) atoms. The molecule has 4 heteroatoms. The third-order valence-corrected chi connectivity index (χ3v) is 2.73. The van der Waals surface area contributed by atoms with Crippen LogP contribution in [-0.4, -0.2) is 19.6 Å². The van der Waals surface area contributed by atoms with E-state index in [9.17, 15) is 4.79 Å². The standard InChI is InChI=1S/C14H18N2O2/c1-10-8-11(2)12(13(9-10)18-3)5-7-16-14(17)4-6-15/h8-9H,4-5,7H2,1-3H3,(H,16,17). The first kappa shape index (κ1) is 14.0. The van der Waals surface area contributed by atoms with Gasteiger partial charge in [0.2, 0.25) is 5.91 Å². The van der Waals surface area contributed by atoms with Crippen molar-refractivity contribution in [1.29, 1.82) is 5.26 Å². The molecule has 0 saturated carbocycles. The molecule has 1 amide bonds. The average molecular weight is 246 g/mol. The van der Waals surface area contributed by atoms with Gasteiger partial charge < -0.3 is 10.1 Å². The maximum absolute atomic E-state index is 11.2. The second-order valence-electron chi connectivity index (χ2n) is 4.20. The van der Waals surface area contributed by atoms with Crippen molar-refractivity contribution < 1.29 is 9.53 Å². The molecule has 0 heterocycles. The number of rotatable bonds is 5. The van der Waals surface area contributed by atoms with Gasteiger partial charge in [0, 0.05) is 6.54 Å². The number of carbonyl (C=O) groups excluding carboxylic acids is 1. The van der Waals surface area contributed by atoms with Gasteiger partial charge in [-0.2, -0.15) is 5.26 Å². The first-order valence-corrected chi connectivity index (χ1v) is 5.86. The minimum atomic E-state index is -0.235. The SMILES string of the molecule is COc1cc(C)cc(C)c1CCNC(=O)CC#N. The zero-order valence-electron chi connectivity index (χ0n) is 11.0. The Labute approximate surface area is 108 Å². The van der Waals surface area contributed by atoms with E-state index in [-0.39, 0.29) is 12.3 Å². The van der Waals surface area contributed by atoms with Crippen molar-refractivity contribution in [2.75, 3.05) is 13.7 Å². The van der Waals surface area contributed by atoms with E-state index < -0.39 is 0 Å². The monoisotopic (exact) mass is 246 g/mol. The second kappa shape index (κ2) is 6.65. The van der Waals surface area contributed by atoms with Gasteiger partial charge in [-0.05, 0) is 43.0 Å². The van der Waals surface area contributed by atoms with Gasteiger partial charge in [0.1, 0.15) is 12.2 Å². The summed E-state index contributed by atoms with van der Waals surface area (Å²) in [5, 5.41) is 11.1. The summed E-state index contributed by atoms with van der Waals surface area (Å²) in [7, 11) is 1.64. The lowest BCUT2D eigenvalue weighted by molar-refractivity contribution is -0.120. The zero-order chi connectivity index (χ0) is 13.5. The quantitative estimate of drug-likeness (QED) is 0.863. The average Bonchev–Trinajstić information content (AvgIpc) is 2.31. The number of benzene rings is 1. The van der Waals surface area contributed by atoms with E-state index in [1.54, 1.807) is 7.11 Å². The van der Waals surface area contributed by atoms with Crippen LogP contribution in [0.4, 0.5) is 0 Å². The normalized spacial score (nSPS) is 9.67. The Morgan fingerprint density at radius 2 is 2.17 bits per heavy atom. The molecule has 0 saturated heterocycles. The molecule has 0 bridgehead atoms. The van der Waals surface area contributed by atoms with Gasteiger partial charge in [-0.1, -0.05) is 6.07 Å². The van der Waals surface area contributed by atoms with E-state index in [1.165, 1.54) is 0 Å². The van der Waals surface area contributed by atoms with E-state index >= 15 is 0 Å². The molecule has 0 fully saturated rings. The van der Waals surface area contributed by atoms with Gasteiger partial charge in [0.25, 0.3) is 0 Å². The van der Waals surface area contributed by atoms with Gasteiger partial charge in [-0.3, -0.25) is 4.79 Å². The van der Waals surface area contributed by atoms with Gasteiger partial charge in [-0.15, -0.1) is 0 Å². The van der Waals surface area contributed by atoms with Crippen molar-refractivity contribution in [1.82, 2.24) is 5.32 Å². The Morgan fingerprint density at radius 1 is 1.44 bits per heavy atom. The molecular formula is C14H18N2O2. The van der Waals surface area contributed by atoms with Crippen LogP contribution in [0.1, 0.15) is 23.1 Å². The number of amides is 1. The molecule has 0 spiro atoms. The second-order valence-corrected chi connectivity index (χ2v) is 4.20. The molecule has 4 nitrogen and oxygen atoms in total. The molecule has 0 aliphatic heterocycles. The third-order valence-electron chi connectivity index (χ3n) is 2.73. The molecular weight excluding hydrogens is 228 g/mol. The molecule has 96 valence electrons. The molecule has 1 rings (SSSR count). The fourth-order valence-electron chi connectivity index (χ4n) is 1.92. The highest BCUT2D eigenvalue weighted by atomic mass is 16.5. The van der Waals surface area contributed by atoms with Gasteiger partial charge in [0.15, 0.2) is 0 Å². The molecule has 1 aromatic carbocycles. The number of carbonyl (C=O) groups is 1. The summed E-state index contributed by atoms with van der Waals surface area (Å²) in [5.41, 5.74) is 3.41. The van der Waals surface area contributed by atoms with Crippen molar-refractivity contribution in [3.05, 3.63) is 28.8 Å². The molecule has 1 N–H and O–H groups in total. The van der Waals surface area contributed by atoms with E-state index in [0.717, 1.165) is 22.4 Å². The lowest BCUT2D eigenvalue weighted by atomic mass is 10.0. The number of aryl methyl sites for hydroxylation is 2. The Balaban J connectivity index is 2.67. The number of nitrogens with one attached hydrogen (secondary N) is 1. The van der Waals surface area contributed by atoms with Crippen molar-refractivity contribution in [3.63, 3.8) is 0 Å². The molecule has 0 unspecified atom stereocenters. The Bertz CT molecular complexity index is 475. The predicted molar refractivity (Wildman–Crippen MR) is 69.4 cm³/mol. The van der Waals surface area contributed by atoms with Crippen molar-refractivity contribution in [3.8, 4) is 11.8 Å². The van der Waals surface area contributed by atoms with Crippen LogP contribution in [0.15, 0.2) is 12.1 Å². The Hall–Kier alpha value is -2.02. The van der Waals surface area contributed by atoms with Crippen LogP contribution in [0.2, 0.25) is 0 Å². The third kappa shape index (κ3) is 3.77. The summed E-state index contributed by atoms with van der Waals surface area (Å²) in [5.74, 6) is 0.614. The maximum Gasteiger partial charge on any atom is 0.234 e. The predicted octanol–water partition coefficient (Wildman–Crippen LogP) is 1.88. The lowest BCUT2D eigenvalue weighted by Crippen LogP contribution is -2.25. The number of nitrogens with zero attached hydrogens (tertiary/aromatic N) is 1. The summed E-state index contributed by atoms with van der Waals surface area (Å²) in [6.07, 6.45) is 0.608. The molecule has 0 aromatic heterocycles. The molecule has 0 atom stereocenters. The first-order valence-electron chi connectivity index (χ1n) is 5.86. The Kier molecular flexibility index (Phi) is 5.19. The van der Waals surface area contributed by atoms with E-state index in [1.807, 2.05) is 26.0 Å². The minimum Gasteiger partial charge on any atom is -0.496 e. The lowest BCUT2D eigenvalue weighted by Gasteiger charge is -2.13. The van der Waals surface area contributed by atoms with Crippen LogP contribution in [0, 0.1) is 25.2 Å². The number of ether oxygens (including phenoxy) is 1. The molecule has 1 aromatic rings. The summed E-state index contributed by atoms with van der Waals surface area (Å²) in [6, 6.07) is 5.90. The fourth-order valence-corrected chi connectivity index (χ4v) is 1.92. The van der Waals surface area contributed by atoms with Crippen LogP contribution >= 0.6 is 0 Å². The molecule has 0 radical (unpaired) electrons. The first-order chi connectivity index (χ1) is 8.58. The smallest absolute Gasteiger partial charge is 0.234 e. The number of methoxy groups -OCH3 is 1. The summed E-state index contributed by atoms with van der Waals surface area (Å²) < 4.78 is 5.35. The zero-order valence-corrected chi connectivity index (χ0v) is 11.0. The number of hydrogen-bond donors (Lipinski definition) is 1. The molecule has 0 aliphatic carbocycles. The van der Waals surface area contributed by atoms with Crippen molar-refractivity contribution in [2.24, 2.45) is 0 Å². The summed E-state index contributed by atoms with van der Waals surface area (Å²) in [6.45, 7) is 4.57. The molecule has 0 aliphatic rings. The minimum absolute atomic E-state index is 0.0932. The van der Waals surface area contributed by atoms with Crippen molar-refractivity contribution in [2.45, 2.75) is 26.7 Å². The van der Waals surface area contributed by atoms with Crippen molar-refractivity contribution >= 4 is 5.91 Å². The van der Waals surface area contributed by atoms with E-state index in [2.05, 4.69) is 11.4 Å². The van der Waals surface area contributed by atoms with Gasteiger partial charge in [0.05, 0.1) is 13.2 Å². The topological polar surface area (TPSA) is 62.1 Å². The maximum atomic E-state index is 11.2. The highest BCUT2D eigenvalue weighted by Gasteiger charge is 2.08. The highest BCUT2D eigenvalue weighted by Crippen LogP contribution is 2.24. The van der Waals surface area contributed by atoms with Gasteiger partial charge >= 0.3 is 0 Å². The largest absolute Gasteiger partial charge is 0.496 e. The van der Waals surface area contributed by atoms with E-state index in [0.29, 0.717) is 13.0 Å². The number of hydrogen-bond acceptors (Lipinski definition) is 3. The summed E-state index contributed by atoms with van der Waals surface area (Å²) >= 11 is 0. The van der Waals surface area contributed by atoms with E-state index in [4.69, 9.17) is 10.00 Å². The summed E-state index contributed by atoms with van der Waals surface area (Å²) in [4.78, 5) is 11.2. The van der Waals surface area contributed by atoms with Crippen LogP contribution in [0.5, 0.6) is 5.75 Å². The van der Waals surface area contributed by atoms with Crippen LogP contribution in [-0.2, 0) is 11.2 Å².